The zero-order valence-electron chi connectivity index (χ0n) is 11.8. The minimum absolute atomic E-state index is 0.121. The van der Waals surface area contributed by atoms with Crippen LogP contribution in [0.15, 0.2) is 0 Å². The molecule has 0 aromatic carbocycles. The fraction of sp³-hybridized carbons (Fsp3) is 0.929. The number of rotatable bonds is 5. The second-order valence-corrected chi connectivity index (χ2v) is 5.56. The van der Waals surface area contributed by atoms with Crippen molar-refractivity contribution < 1.29 is 4.79 Å². The van der Waals surface area contributed by atoms with E-state index in [0.717, 1.165) is 19.4 Å². The van der Waals surface area contributed by atoms with Gasteiger partial charge >= 0.3 is 0 Å². The van der Waals surface area contributed by atoms with Crippen LogP contribution in [0.2, 0.25) is 0 Å². The summed E-state index contributed by atoms with van der Waals surface area (Å²) in [4.78, 5) is 13.9. The number of hydrogen-bond acceptors (Lipinski definition) is 2. The second-order valence-electron chi connectivity index (χ2n) is 5.56. The Labute approximate surface area is 106 Å². The first-order valence-electron chi connectivity index (χ1n) is 7.06. The monoisotopic (exact) mass is 240 g/mol. The van der Waals surface area contributed by atoms with Crippen molar-refractivity contribution in [1.29, 1.82) is 0 Å². The maximum absolute atomic E-state index is 11.9. The quantitative estimate of drug-likeness (QED) is 0.800. The van der Waals surface area contributed by atoms with Crippen LogP contribution in [-0.4, -0.2) is 36.5 Å². The van der Waals surface area contributed by atoms with Gasteiger partial charge in [-0.1, -0.05) is 20.8 Å². The Morgan fingerprint density at radius 3 is 2.35 bits per heavy atom. The van der Waals surface area contributed by atoms with Gasteiger partial charge in [-0.3, -0.25) is 4.79 Å². The number of carbonyl (C=O) groups excluding carboxylic acids is 1. The standard InChI is InChI=1S/C14H28N2O/c1-5-10-15-12-6-8-13(9-7-12)16(4)14(17)11(2)3/h11-13,15H,5-10H2,1-4H3. The van der Waals surface area contributed by atoms with E-state index in [-0.39, 0.29) is 11.8 Å². The van der Waals surface area contributed by atoms with E-state index in [4.69, 9.17) is 0 Å². The van der Waals surface area contributed by atoms with Crippen molar-refractivity contribution >= 4 is 5.91 Å². The first-order valence-corrected chi connectivity index (χ1v) is 7.06. The van der Waals surface area contributed by atoms with E-state index in [1.807, 2.05) is 25.8 Å². The Hall–Kier alpha value is -0.570. The van der Waals surface area contributed by atoms with Crippen molar-refractivity contribution in [2.45, 2.75) is 65.0 Å². The molecule has 1 fully saturated rings. The van der Waals surface area contributed by atoms with Gasteiger partial charge in [0.05, 0.1) is 0 Å². The highest BCUT2D eigenvalue weighted by atomic mass is 16.2. The van der Waals surface area contributed by atoms with Crippen LogP contribution in [0.5, 0.6) is 0 Å². The third-order valence-electron chi connectivity index (χ3n) is 3.77. The fourth-order valence-corrected chi connectivity index (χ4v) is 2.60. The minimum atomic E-state index is 0.121. The van der Waals surface area contributed by atoms with Crippen molar-refractivity contribution in [3.05, 3.63) is 0 Å². The first-order chi connectivity index (χ1) is 8.06. The van der Waals surface area contributed by atoms with Crippen LogP contribution in [0.3, 0.4) is 0 Å². The lowest BCUT2D eigenvalue weighted by Gasteiger charge is -2.35. The Morgan fingerprint density at radius 2 is 1.88 bits per heavy atom. The number of hydrogen-bond donors (Lipinski definition) is 1. The van der Waals surface area contributed by atoms with Gasteiger partial charge in [-0.25, -0.2) is 0 Å². The summed E-state index contributed by atoms with van der Waals surface area (Å²) in [5.74, 6) is 0.408. The molecule has 0 aliphatic heterocycles. The van der Waals surface area contributed by atoms with E-state index >= 15 is 0 Å². The molecule has 1 saturated carbocycles. The molecule has 0 saturated heterocycles. The summed E-state index contributed by atoms with van der Waals surface area (Å²) in [7, 11) is 1.97. The lowest BCUT2D eigenvalue weighted by molar-refractivity contribution is -0.135. The molecule has 0 aromatic heterocycles. The Bertz CT molecular complexity index is 232. The van der Waals surface area contributed by atoms with Gasteiger partial charge in [-0.15, -0.1) is 0 Å². The largest absolute Gasteiger partial charge is 0.343 e. The summed E-state index contributed by atoms with van der Waals surface area (Å²) in [5.41, 5.74) is 0. The topological polar surface area (TPSA) is 32.3 Å². The third kappa shape index (κ3) is 4.30. The molecule has 1 aliphatic carbocycles. The smallest absolute Gasteiger partial charge is 0.225 e. The number of carbonyl (C=O) groups is 1. The Morgan fingerprint density at radius 1 is 1.29 bits per heavy atom. The van der Waals surface area contributed by atoms with Crippen LogP contribution >= 0.6 is 0 Å². The lowest BCUT2D eigenvalue weighted by Crippen LogP contribution is -2.44. The molecule has 0 spiro atoms. The van der Waals surface area contributed by atoms with Crippen molar-refractivity contribution in [2.24, 2.45) is 5.92 Å². The van der Waals surface area contributed by atoms with E-state index in [1.165, 1.54) is 19.3 Å². The van der Waals surface area contributed by atoms with Crippen LogP contribution in [0.25, 0.3) is 0 Å². The Balaban J connectivity index is 2.33. The van der Waals surface area contributed by atoms with Crippen LogP contribution in [0.1, 0.15) is 52.9 Å². The molecule has 3 nitrogen and oxygen atoms in total. The molecule has 100 valence electrons. The van der Waals surface area contributed by atoms with E-state index < -0.39 is 0 Å². The van der Waals surface area contributed by atoms with Gasteiger partial charge in [0.1, 0.15) is 0 Å². The summed E-state index contributed by atoms with van der Waals surface area (Å²) in [6.07, 6.45) is 5.92. The Kier molecular flexibility index (Phi) is 5.96. The number of amides is 1. The molecule has 1 amide bonds. The van der Waals surface area contributed by atoms with Gasteiger partial charge < -0.3 is 10.2 Å². The van der Waals surface area contributed by atoms with Crippen molar-refractivity contribution in [3.8, 4) is 0 Å². The molecule has 0 aromatic rings. The molecule has 0 heterocycles. The number of nitrogens with one attached hydrogen (secondary N) is 1. The lowest BCUT2D eigenvalue weighted by atomic mass is 9.90. The fourth-order valence-electron chi connectivity index (χ4n) is 2.60. The predicted molar refractivity (Wildman–Crippen MR) is 71.9 cm³/mol. The maximum atomic E-state index is 11.9. The molecule has 0 radical (unpaired) electrons. The van der Waals surface area contributed by atoms with Crippen LogP contribution < -0.4 is 5.32 Å². The summed E-state index contributed by atoms with van der Waals surface area (Å²) in [6, 6.07) is 1.14. The molecule has 0 bridgehead atoms. The summed E-state index contributed by atoms with van der Waals surface area (Å²) in [6.45, 7) is 7.28. The average molecular weight is 240 g/mol. The van der Waals surface area contributed by atoms with E-state index in [0.29, 0.717) is 12.1 Å². The van der Waals surface area contributed by atoms with Crippen LogP contribution in [0, 0.1) is 5.92 Å². The normalized spacial score (nSPS) is 25.0. The summed E-state index contributed by atoms with van der Waals surface area (Å²) < 4.78 is 0. The highest BCUT2D eigenvalue weighted by Gasteiger charge is 2.26. The minimum Gasteiger partial charge on any atom is -0.343 e. The van der Waals surface area contributed by atoms with Gasteiger partial charge in [-0.05, 0) is 38.6 Å². The van der Waals surface area contributed by atoms with Gasteiger partial charge in [-0.2, -0.15) is 0 Å². The molecule has 1 aliphatic rings. The third-order valence-corrected chi connectivity index (χ3v) is 3.77. The number of nitrogens with zero attached hydrogens (tertiary/aromatic N) is 1. The van der Waals surface area contributed by atoms with Crippen molar-refractivity contribution in [1.82, 2.24) is 10.2 Å². The zero-order valence-corrected chi connectivity index (χ0v) is 11.8. The van der Waals surface area contributed by atoms with Crippen LogP contribution in [0.4, 0.5) is 0 Å². The van der Waals surface area contributed by atoms with Crippen LogP contribution in [-0.2, 0) is 4.79 Å². The van der Waals surface area contributed by atoms with Crippen molar-refractivity contribution in [3.63, 3.8) is 0 Å². The molecule has 1 rings (SSSR count). The summed E-state index contributed by atoms with van der Waals surface area (Å²) in [5, 5.41) is 3.58. The maximum Gasteiger partial charge on any atom is 0.225 e. The molecule has 17 heavy (non-hydrogen) atoms. The molecule has 3 heteroatoms. The average Bonchev–Trinajstić information content (AvgIpc) is 2.35. The molecular formula is C14H28N2O. The van der Waals surface area contributed by atoms with E-state index in [1.54, 1.807) is 0 Å². The molecule has 1 N–H and O–H groups in total. The predicted octanol–water partition coefficient (Wildman–Crippen LogP) is 2.41. The highest BCUT2D eigenvalue weighted by molar-refractivity contribution is 5.78. The van der Waals surface area contributed by atoms with Gasteiger partial charge in [0, 0.05) is 25.0 Å². The van der Waals surface area contributed by atoms with Gasteiger partial charge in [0.15, 0.2) is 0 Å². The first kappa shape index (κ1) is 14.5. The van der Waals surface area contributed by atoms with Crippen molar-refractivity contribution in [2.75, 3.05) is 13.6 Å². The molecule has 0 atom stereocenters. The zero-order chi connectivity index (χ0) is 12.8. The van der Waals surface area contributed by atoms with Gasteiger partial charge in [0.2, 0.25) is 5.91 Å². The highest BCUT2D eigenvalue weighted by Crippen LogP contribution is 2.23. The molecule has 0 unspecified atom stereocenters. The van der Waals surface area contributed by atoms with E-state index in [9.17, 15) is 4.79 Å². The van der Waals surface area contributed by atoms with E-state index in [2.05, 4.69) is 12.2 Å². The summed E-state index contributed by atoms with van der Waals surface area (Å²) >= 11 is 0. The molecular weight excluding hydrogens is 212 g/mol. The second kappa shape index (κ2) is 7.00. The SMILES string of the molecule is CCCNC1CCC(N(C)C(=O)C(C)C)CC1. The van der Waals surface area contributed by atoms with Gasteiger partial charge in [0.25, 0.3) is 0 Å².